The van der Waals surface area contributed by atoms with Gasteiger partial charge < -0.3 is 14.8 Å². The lowest BCUT2D eigenvalue weighted by molar-refractivity contribution is 0.107. The van der Waals surface area contributed by atoms with E-state index < -0.39 is 6.10 Å². The number of nitrogens with one attached hydrogen (secondary N) is 1. The van der Waals surface area contributed by atoms with Gasteiger partial charge in [0.15, 0.2) is 0 Å². The average molecular weight is 286 g/mol. The zero-order valence-corrected chi connectivity index (χ0v) is 12.3. The van der Waals surface area contributed by atoms with E-state index in [1.54, 1.807) is 12.3 Å². The first-order valence-corrected chi connectivity index (χ1v) is 7.29. The Morgan fingerprint density at radius 2 is 2.14 bits per heavy atom. The van der Waals surface area contributed by atoms with Gasteiger partial charge >= 0.3 is 0 Å². The second kappa shape index (κ2) is 8.39. The van der Waals surface area contributed by atoms with Crippen molar-refractivity contribution < 1.29 is 9.84 Å². The highest BCUT2D eigenvalue weighted by Gasteiger charge is 2.00. The van der Waals surface area contributed by atoms with E-state index in [0.717, 1.165) is 17.8 Å². The summed E-state index contributed by atoms with van der Waals surface area (Å²) in [7, 11) is 0. The van der Waals surface area contributed by atoms with Crippen molar-refractivity contribution in [3.8, 4) is 0 Å². The van der Waals surface area contributed by atoms with Crippen LogP contribution in [0.15, 0.2) is 42.7 Å². The molecule has 1 aromatic carbocycles. The number of ether oxygens (including phenoxy) is 1. The van der Waals surface area contributed by atoms with E-state index >= 15 is 0 Å². The van der Waals surface area contributed by atoms with Crippen molar-refractivity contribution in [2.75, 3.05) is 13.2 Å². The number of benzene rings is 1. The SMILES string of the molecule is CCOCCC(O)C=Cc1ccc(Cc2ncc[nH]2)cc1. The Morgan fingerprint density at radius 1 is 1.33 bits per heavy atom. The van der Waals surface area contributed by atoms with E-state index in [-0.39, 0.29) is 0 Å². The number of nitrogens with zero attached hydrogens (tertiary/aromatic N) is 1. The molecule has 2 rings (SSSR count). The lowest BCUT2D eigenvalue weighted by Gasteiger charge is -2.05. The molecule has 0 fully saturated rings. The number of aromatic nitrogens is 2. The summed E-state index contributed by atoms with van der Waals surface area (Å²) in [4.78, 5) is 7.31. The summed E-state index contributed by atoms with van der Waals surface area (Å²) >= 11 is 0. The van der Waals surface area contributed by atoms with E-state index in [9.17, 15) is 5.11 Å². The fourth-order valence-electron chi connectivity index (χ4n) is 2.00. The van der Waals surface area contributed by atoms with Crippen LogP contribution in [0.25, 0.3) is 6.08 Å². The van der Waals surface area contributed by atoms with Gasteiger partial charge in [0, 0.05) is 38.4 Å². The van der Waals surface area contributed by atoms with Crippen LogP contribution in [0, 0.1) is 0 Å². The molecule has 0 bridgehead atoms. The number of imidazole rings is 1. The molecule has 0 aliphatic heterocycles. The summed E-state index contributed by atoms with van der Waals surface area (Å²) in [6.45, 7) is 3.23. The van der Waals surface area contributed by atoms with Gasteiger partial charge in [-0.2, -0.15) is 0 Å². The standard InChI is InChI=1S/C17H22N2O2/c1-2-21-12-9-16(20)8-7-14-3-5-15(6-4-14)13-17-18-10-11-19-17/h3-8,10-11,16,20H,2,9,12-13H2,1H3,(H,18,19). The molecular formula is C17H22N2O2. The molecule has 0 radical (unpaired) electrons. The molecule has 0 amide bonds. The Morgan fingerprint density at radius 3 is 2.81 bits per heavy atom. The van der Waals surface area contributed by atoms with Gasteiger partial charge in [0.25, 0.3) is 0 Å². The molecule has 1 unspecified atom stereocenters. The van der Waals surface area contributed by atoms with Crippen molar-refractivity contribution in [3.63, 3.8) is 0 Å². The predicted molar refractivity (Wildman–Crippen MR) is 84.0 cm³/mol. The lowest BCUT2D eigenvalue weighted by Crippen LogP contribution is -2.06. The molecule has 112 valence electrons. The molecule has 2 aromatic rings. The maximum Gasteiger partial charge on any atom is 0.110 e. The number of aliphatic hydroxyl groups excluding tert-OH is 1. The van der Waals surface area contributed by atoms with Gasteiger partial charge in [-0.1, -0.05) is 36.4 Å². The van der Waals surface area contributed by atoms with Crippen LogP contribution in [0.1, 0.15) is 30.3 Å². The topological polar surface area (TPSA) is 58.1 Å². The monoisotopic (exact) mass is 286 g/mol. The predicted octanol–water partition coefficient (Wildman–Crippen LogP) is 2.80. The number of aromatic amines is 1. The van der Waals surface area contributed by atoms with Crippen LogP contribution in [0.5, 0.6) is 0 Å². The molecule has 1 heterocycles. The first-order valence-electron chi connectivity index (χ1n) is 7.29. The van der Waals surface area contributed by atoms with Gasteiger partial charge in [0.2, 0.25) is 0 Å². The Kier molecular flexibility index (Phi) is 6.19. The number of aliphatic hydroxyl groups is 1. The molecule has 1 atom stereocenters. The Bertz CT molecular complexity index is 532. The molecule has 0 spiro atoms. The molecule has 0 saturated heterocycles. The summed E-state index contributed by atoms with van der Waals surface area (Å²) in [5.41, 5.74) is 2.28. The van der Waals surface area contributed by atoms with Gasteiger partial charge in [-0.3, -0.25) is 0 Å². The van der Waals surface area contributed by atoms with Gasteiger partial charge in [-0.25, -0.2) is 4.98 Å². The zero-order chi connectivity index (χ0) is 14.9. The van der Waals surface area contributed by atoms with E-state index in [1.807, 2.05) is 31.3 Å². The van der Waals surface area contributed by atoms with Crippen molar-refractivity contribution in [1.82, 2.24) is 9.97 Å². The summed E-state index contributed by atoms with van der Waals surface area (Å²) in [6.07, 6.45) is 8.30. The van der Waals surface area contributed by atoms with Crippen molar-refractivity contribution in [2.45, 2.75) is 25.9 Å². The third kappa shape index (κ3) is 5.53. The van der Waals surface area contributed by atoms with Gasteiger partial charge in [-0.15, -0.1) is 0 Å². The molecule has 0 saturated carbocycles. The summed E-state index contributed by atoms with van der Waals surface area (Å²) in [5, 5.41) is 9.78. The minimum Gasteiger partial charge on any atom is -0.389 e. The van der Waals surface area contributed by atoms with Gasteiger partial charge in [-0.05, 0) is 18.1 Å². The van der Waals surface area contributed by atoms with Gasteiger partial charge in [0.05, 0.1) is 6.10 Å². The van der Waals surface area contributed by atoms with Crippen LogP contribution >= 0.6 is 0 Å². The molecule has 4 heteroatoms. The Labute approximate surface area is 125 Å². The maximum atomic E-state index is 9.78. The molecule has 2 N–H and O–H groups in total. The summed E-state index contributed by atoms with van der Waals surface area (Å²) in [6, 6.07) is 8.25. The fraction of sp³-hybridized carbons (Fsp3) is 0.353. The number of hydrogen-bond donors (Lipinski definition) is 2. The molecule has 0 aliphatic rings. The summed E-state index contributed by atoms with van der Waals surface area (Å²) < 4.78 is 5.22. The number of rotatable bonds is 8. The van der Waals surface area contributed by atoms with Crippen molar-refractivity contribution in [1.29, 1.82) is 0 Å². The van der Waals surface area contributed by atoms with Crippen molar-refractivity contribution >= 4 is 6.08 Å². The minimum atomic E-state index is -0.459. The largest absolute Gasteiger partial charge is 0.389 e. The van der Waals surface area contributed by atoms with E-state index in [0.29, 0.717) is 19.6 Å². The van der Waals surface area contributed by atoms with E-state index in [2.05, 4.69) is 22.1 Å². The van der Waals surface area contributed by atoms with E-state index in [4.69, 9.17) is 4.74 Å². The zero-order valence-electron chi connectivity index (χ0n) is 12.3. The van der Waals surface area contributed by atoms with Gasteiger partial charge in [0.1, 0.15) is 5.82 Å². The quantitative estimate of drug-likeness (QED) is 0.734. The molecule has 1 aromatic heterocycles. The van der Waals surface area contributed by atoms with Crippen LogP contribution in [0.4, 0.5) is 0 Å². The third-order valence-electron chi connectivity index (χ3n) is 3.18. The van der Waals surface area contributed by atoms with Crippen LogP contribution in [0.3, 0.4) is 0 Å². The molecule has 0 aliphatic carbocycles. The molecule has 21 heavy (non-hydrogen) atoms. The highest BCUT2D eigenvalue weighted by atomic mass is 16.5. The normalized spacial score (nSPS) is 12.9. The average Bonchev–Trinajstić information content (AvgIpc) is 3.00. The van der Waals surface area contributed by atoms with Crippen LogP contribution in [-0.4, -0.2) is 34.4 Å². The lowest BCUT2D eigenvalue weighted by atomic mass is 10.1. The highest BCUT2D eigenvalue weighted by molar-refractivity contribution is 5.50. The number of hydrogen-bond acceptors (Lipinski definition) is 3. The second-order valence-electron chi connectivity index (χ2n) is 4.87. The smallest absolute Gasteiger partial charge is 0.110 e. The third-order valence-corrected chi connectivity index (χ3v) is 3.18. The number of H-pyrrole nitrogens is 1. The van der Waals surface area contributed by atoms with Crippen LogP contribution in [0.2, 0.25) is 0 Å². The first-order chi connectivity index (χ1) is 10.3. The van der Waals surface area contributed by atoms with Crippen LogP contribution < -0.4 is 0 Å². The highest BCUT2D eigenvalue weighted by Crippen LogP contribution is 2.10. The maximum absolute atomic E-state index is 9.78. The Balaban J connectivity index is 1.84. The second-order valence-corrected chi connectivity index (χ2v) is 4.87. The molecular weight excluding hydrogens is 264 g/mol. The Hall–Kier alpha value is -1.91. The first kappa shape index (κ1) is 15.5. The fourth-order valence-corrected chi connectivity index (χ4v) is 2.00. The van der Waals surface area contributed by atoms with E-state index in [1.165, 1.54) is 5.56 Å². The van der Waals surface area contributed by atoms with Crippen molar-refractivity contribution in [2.24, 2.45) is 0 Å². The summed E-state index contributed by atoms with van der Waals surface area (Å²) in [5.74, 6) is 0.963. The molecule has 4 nitrogen and oxygen atoms in total. The van der Waals surface area contributed by atoms with Crippen LogP contribution in [-0.2, 0) is 11.2 Å². The minimum absolute atomic E-state index is 0.459. The van der Waals surface area contributed by atoms with Crippen molar-refractivity contribution in [3.05, 3.63) is 59.7 Å².